The average Bonchev–Trinajstić information content (AvgIpc) is 2.83. The number of imide groups is 1. The molecule has 1 saturated heterocycles. The number of nitrogens with one attached hydrogen (secondary N) is 1. The molecule has 116 valence electrons. The SMILES string of the molecule is COc1cccc(N2C(=O)N/C(=C\c3ccc(O)cc3)C2=O)c1. The summed E-state index contributed by atoms with van der Waals surface area (Å²) < 4.78 is 5.11. The highest BCUT2D eigenvalue weighted by Crippen LogP contribution is 2.26. The summed E-state index contributed by atoms with van der Waals surface area (Å²) in [5, 5.41) is 11.8. The van der Waals surface area contributed by atoms with Gasteiger partial charge in [0.05, 0.1) is 12.8 Å². The van der Waals surface area contributed by atoms with E-state index in [-0.39, 0.29) is 11.4 Å². The van der Waals surface area contributed by atoms with Crippen molar-refractivity contribution >= 4 is 23.7 Å². The summed E-state index contributed by atoms with van der Waals surface area (Å²) in [6.45, 7) is 0. The van der Waals surface area contributed by atoms with Crippen LogP contribution in [0.2, 0.25) is 0 Å². The Morgan fingerprint density at radius 3 is 2.57 bits per heavy atom. The third-order valence-corrected chi connectivity index (χ3v) is 3.39. The smallest absolute Gasteiger partial charge is 0.333 e. The van der Waals surface area contributed by atoms with E-state index in [1.807, 2.05) is 0 Å². The first-order chi connectivity index (χ1) is 11.1. The highest BCUT2D eigenvalue weighted by Gasteiger charge is 2.34. The minimum atomic E-state index is -0.520. The van der Waals surface area contributed by atoms with Gasteiger partial charge in [-0.25, -0.2) is 9.69 Å². The molecule has 6 nitrogen and oxygen atoms in total. The Balaban J connectivity index is 1.91. The van der Waals surface area contributed by atoms with Crippen LogP contribution in [-0.4, -0.2) is 24.2 Å². The maximum absolute atomic E-state index is 12.5. The summed E-state index contributed by atoms with van der Waals surface area (Å²) in [5.41, 5.74) is 1.29. The minimum absolute atomic E-state index is 0.131. The lowest BCUT2D eigenvalue weighted by atomic mass is 10.2. The zero-order chi connectivity index (χ0) is 16.4. The van der Waals surface area contributed by atoms with E-state index in [9.17, 15) is 14.7 Å². The molecule has 1 heterocycles. The Kier molecular flexibility index (Phi) is 3.72. The van der Waals surface area contributed by atoms with Gasteiger partial charge in [0.2, 0.25) is 0 Å². The van der Waals surface area contributed by atoms with Gasteiger partial charge in [0, 0.05) is 6.07 Å². The second-order valence-corrected chi connectivity index (χ2v) is 4.92. The van der Waals surface area contributed by atoms with Gasteiger partial charge in [0.25, 0.3) is 5.91 Å². The number of hydrogen-bond acceptors (Lipinski definition) is 4. The van der Waals surface area contributed by atoms with Crippen LogP contribution >= 0.6 is 0 Å². The molecule has 3 rings (SSSR count). The second-order valence-electron chi connectivity index (χ2n) is 4.92. The van der Waals surface area contributed by atoms with E-state index < -0.39 is 11.9 Å². The molecule has 23 heavy (non-hydrogen) atoms. The molecular formula is C17H14N2O4. The van der Waals surface area contributed by atoms with Gasteiger partial charge in [-0.15, -0.1) is 0 Å². The molecule has 0 spiro atoms. The molecule has 2 aromatic carbocycles. The summed E-state index contributed by atoms with van der Waals surface area (Å²) in [6, 6.07) is 12.5. The second kappa shape index (κ2) is 5.84. The summed E-state index contributed by atoms with van der Waals surface area (Å²) in [5.74, 6) is 0.238. The fourth-order valence-corrected chi connectivity index (χ4v) is 2.26. The van der Waals surface area contributed by atoms with E-state index in [1.165, 1.54) is 19.2 Å². The first kappa shape index (κ1) is 14.6. The van der Waals surface area contributed by atoms with Crippen molar-refractivity contribution in [2.24, 2.45) is 0 Å². The Bertz CT molecular complexity index is 796. The molecule has 0 aromatic heterocycles. The Hall–Kier alpha value is -3.28. The van der Waals surface area contributed by atoms with Crippen LogP contribution in [0.15, 0.2) is 54.2 Å². The molecule has 0 unspecified atom stereocenters. The number of rotatable bonds is 3. The Morgan fingerprint density at radius 2 is 1.87 bits per heavy atom. The fourth-order valence-electron chi connectivity index (χ4n) is 2.26. The van der Waals surface area contributed by atoms with Gasteiger partial charge in [0.15, 0.2) is 0 Å². The molecule has 6 heteroatoms. The molecule has 2 aromatic rings. The van der Waals surface area contributed by atoms with Crippen molar-refractivity contribution in [3.05, 3.63) is 59.8 Å². The van der Waals surface area contributed by atoms with E-state index in [0.717, 1.165) is 4.90 Å². The van der Waals surface area contributed by atoms with Crippen molar-refractivity contribution in [3.8, 4) is 11.5 Å². The fraction of sp³-hybridized carbons (Fsp3) is 0.0588. The van der Waals surface area contributed by atoms with Crippen LogP contribution in [0.5, 0.6) is 11.5 Å². The minimum Gasteiger partial charge on any atom is -0.508 e. The van der Waals surface area contributed by atoms with Crippen molar-refractivity contribution in [2.75, 3.05) is 12.0 Å². The van der Waals surface area contributed by atoms with Gasteiger partial charge in [-0.2, -0.15) is 0 Å². The van der Waals surface area contributed by atoms with Gasteiger partial charge >= 0.3 is 6.03 Å². The number of anilines is 1. The van der Waals surface area contributed by atoms with Crippen molar-refractivity contribution in [1.82, 2.24) is 5.32 Å². The highest BCUT2D eigenvalue weighted by molar-refractivity contribution is 6.28. The molecular weight excluding hydrogens is 296 g/mol. The number of hydrogen-bond donors (Lipinski definition) is 2. The van der Waals surface area contributed by atoms with Gasteiger partial charge in [0.1, 0.15) is 17.2 Å². The lowest BCUT2D eigenvalue weighted by molar-refractivity contribution is -0.113. The monoisotopic (exact) mass is 310 g/mol. The number of benzene rings is 2. The summed E-state index contributed by atoms with van der Waals surface area (Å²) >= 11 is 0. The number of aromatic hydroxyl groups is 1. The number of methoxy groups -OCH3 is 1. The lowest BCUT2D eigenvalue weighted by Crippen LogP contribution is -2.30. The van der Waals surface area contributed by atoms with Crippen molar-refractivity contribution in [1.29, 1.82) is 0 Å². The van der Waals surface area contributed by atoms with Crippen LogP contribution < -0.4 is 15.0 Å². The van der Waals surface area contributed by atoms with Crippen LogP contribution in [-0.2, 0) is 4.79 Å². The molecule has 0 atom stereocenters. The first-order valence-corrected chi connectivity index (χ1v) is 6.89. The largest absolute Gasteiger partial charge is 0.508 e. The van der Waals surface area contributed by atoms with E-state index in [2.05, 4.69) is 5.32 Å². The summed E-state index contributed by atoms with van der Waals surface area (Å²) in [4.78, 5) is 25.6. The third-order valence-electron chi connectivity index (χ3n) is 3.39. The number of ether oxygens (including phenoxy) is 1. The van der Waals surface area contributed by atoms with E-state index >= 15 is 0 Å². The third kappa shape index (κ3) is 2.87. The van der Waals surface area contributed by atoms with E-state index in [1.54, 1.807) is 42.5 Å². The van der Waals surface area contributed by atoms with Gasteiger partial charge in [-0.3, -0.25) is 4.79 Å². The van der Waals surface area contributed by atoms with Gasteiger partial charge in [-0.1, -0.05) is 18.2 Å². The highest BCUT2D eigenvalue weighted by atomic mass is 16.5. The van der Waals surface area contributed by atoms with Crippen LogP contribution in [0.3, 0.4) is 0 Å². The molecule has 3 amide bonds. The number of urea groups is 1. The topological polar surface area (TPSA) is 78.9 Å². The van der Waals surface area contributed by atoms with Crippen LogP contribution in [0.25, 0.3) is 6.08 Å². The van der Waals surface area contributed by atoms with Crippen LogP contribution in [0.1, 0.15) is 5.56 Å². The average molecular weight is 310 g/mol. The molecule has 0 bridgehead atoms. The van der Waals surface area contributed by atoms with E-state index in [4.69, 9.17) is 4.74 Å². The molecule has 1 aliphatic rings. The van der Waals surface area contributed by atoms with Crippen LogP contribution in [0, 0.1) is 0 Å². The number of amides is 3. The maximum Gasteiger partial charge on any atom is 0.333 e. The Morgan fingerprint density at radius 1 is 1.13 bits per heavy atom. The van der Waals surface area contributed by atoms with Gasteiger partial charge in [-0.05, 0) is 35.9 Å². The molecule has 1 aliphatic heterocycles. The Labute approximate surface area is 132 Å². The molecule has 0 aliphatic carbocycles. The zero-order valence-electron chi connectivity index (χ0n) is 12.3. The number of phenolic OH excluding ortho intramolecular Hbond substituents is 1. The molecule has 1 fully saturated rings. The normalized spacial score (nSPS) is 15.9. The van der Waals surface area contributed by atoms with Gasteiger partial charge < -0.3 is 15.2 Å². The van der Waals surface area contributed by atoms with E-state index in [0.29, 0.717) is 17.0 Å². The lowest BCUT2D eigenvalue weighted by Gasteiger charge is -2.12. The van der Waals surface area contributed by atoms with Crippen molar-refractivity contribution in [3.63, 3.8) is 0 Å². The van der Waals surface area contributed by atoms with Crippen LogP contribution in [0.4, 0.5) is 10.5 Å². The predicted octanol–water partition coefficient (Wildman–Crippen LogP) is 2.50. The standard InChI is InChI=1S/C17H14N2O4/c1-23-14-4-2-3-12(10-14)19-16(21)15(18-17(19)22)9-11-5-7-13(20)8-6-11/h2-10,20H,1H3,(H,18,22)/b15-9-. The maximum atomic E-state index is 12.5. The number of carbonyl (C=O) groups is 2. The van der Waals surface area contributed by atoms with Crippen molar-refractivity contribution in [2.45, 2.75) is 0 Å². The number of nitrogens with zero attached hydrogens (tertiary/aromatic N) is 1. The molecule has 0 saturated carbocycles. The van der Waals surface area contributed by atoms with Crippen molar-refractivity contribution < 1.29 is 19.4 Å². The zero-order valence-corrected chi connectivity index (χ0v) is 12.3. The first-order valence-electron chi connectivity index (χ1n) is 6.89. The molecule has 2 N–H and O–H groups in total. The number of carbonyl (C=O) groups excluding carboxylic acids is 2. The number of phenols is 1. The molecule has 0 radical (unpaired) electrons. The summed E-state index contributed by atoms with van der Waals surface area (Å²) in [7, 11) is 1.52. The quantitative estimate of drug-likeness (QED) is 0.674. The summed E-state index contributed by atoms with van der Waals surface area (Å²) in [6.07, 6.45) is 1.56. The predicted molar refractivity (Wildman–Crippen MR) is 85.1 cm³/mol.